The lowest BCUT2D eigenvalue weighted by Crippen LogP contribution is -2.25. The fourth-order valence-corrected chi connectivity index (χ4v) is 5.08. The minimum atomic E-state index is 0.0531. The van der Waals surface area contributed by atoms with Crippen LogP contribution < -0.4 is 5.32 Å². The molecule has 1 N–H and O–H groups in total. The predicted molar refractivity (Wildman–Crippen MR) is 114 cm³/mol. The number of nitrogens with one attached hydrogen (secondary N) is 1. The molecule has 27 heavy (non-hydrogen) atoms. The number of hydrogen-bond acceptors (Lipinski definition) is 1. The number of carbonyl (C=O) groups excluding carboxylic acids is 1. The van der Waals surface area contributed by atoms with Crippen LogP contribution in [-0.4, -0.2) is 12.5 Å². The van der Waals surface area contributed by atoms with Crippen LogP contribution in [0.3, 0.4) is 0 Å². The summed E-state index contributed by atoms with van der Waals surface area (Å²) in [5, 5.41) is 3.06. The summed E-state index contributed by atoms with van der Waals surface area (Å²) in [6, 6.07) is 9.52. The Bertz CT molecular complexity index is 596. The van der Waals surface area contributed by atoms with E-state index in [1.165, 1.54) is 32.1 Å². The average molecular weight is 370 g/mol. The van der Waals surface area contributed by atoms with Crippen molar-refractivity contribution < 1.29 is 4.79 Å². The first-order valence-corrected chi connectivity index (χ1v) is 11.3. The monoisotopic (exact) mass is 369 g/mol. The van der Waals surface area contributed by atoms with E-state index in [1.54, 1.807) is 0 Å². The van der Waals surface area contributed by atoms with E-state index in [2.05, 4.69) is 33.0 Å². The minimum absolute atomic E-state index is 0.0531. The highest BCUT2D eigenvalue weighted by atomic mass is 16.1. The van der Waals surface area contributed by atoms with Gasteiger partial charge >= 0.3 is 0 Å². The third-order valence-corrected chi connectivity index (χ3v) is 7.00. The summed E-state index contributed by atoms with van der Waals surface area (Å²) in [5.41, 5.74) is 0.759. The maximum atomic E-state index is 12.1. The van der Waals surface area contributed by atoms with Gasteiger partial charge in [-0.25, -0.2) is 0 Å². The molecule has 0 aromatic heterocycles. The largest absolute Gasteiger partial charge is 0.352 e. The van der Waals surface area contributed by atoms with Gasteiger partial charge in [-0.15, -0.1) is 0 Å². The van der Waals surface area contributed by atoms with Gasteiger partial charge in [0.2, 0.25) is 0 Å². The molecule has 1 amide bonds. The van der Waals surface area contributed by atoms with Crippen LogP contribution in [0.25, 0.3) is 0 Å². The van der Waals surface area contributed by atoms with Gasteiger partial charge < -0.3 is 5.32 Å². The lowest BCUT2D eigenvalue weighted by atomic mass is 9.91. The Labute approximate surface area is 166 Å². The summed E-state index contributed by atoms with van der Waals surface area (Å²) >= 11 is 0. The van der Waals surface area contributed by atoms with Crippen LogP contribution in [-0.2, 0) is 0 Å². The van der Waals surface area contributed by atoms with Crippen LogP contribution in [0, 0.1) is 41.4 Å². The van der Waals surface area contributed by atoms with Gasteiger partial charge in [-0.2, -0.15) is 0 Å². The second-order valence-electron chi connectivity index (χ2n) is 9.92. The van der Waals surface area contributed by atoms with Crippen LogP contribution >= 0.6 is 0 Å². The zero-order chi connectivity index (χ0) is 19.4. The highest BCUT2D eigenvalue weighted by Gasteiger charge is 2.54. The van der Waals surface area contributed by atoms with Gasteiger partial charge in [0.05, 0.1) is 0 Å². The Morgan fingerprint density at radius 2 is 1.74 bits per heavy atom. The molecule has 2 aliphatic carbocycles. The molecule has 2 fully saturated rings. The fraction of sp³-hybridized carbons (Fsp3) is 0.720. The van der Waals surface area contributed by atoms with E-state index in [-0.39, 0.29) is 5.91 Å². The van der Waals surface area contributed by atoms with E-state index < -0.39 is 0 Å². The quantitative estimate of drug-likeness (QED) is 0.496. The van der Waals surface area contributed by atoms with Gasteiger partial charge in [-0.1, -0.05) is 58.7 Å². The first kappa shape index (κ1) is 20.4. The summed E-state index contributed by atoms with van der Waals surface area (Å²) in [4.78, 5) is 12.1. The molecule has 2 saturated carbocycles. The summed E-state index contributed by atoms with van der Waals surface area (Å²) in [6.07, 6.45) is 8.21. The van der Waals surface area contributed by atoms with Gasteiger partial charge in [0, 0.05) is 12.1 Å². The molecule has 1 aromatic carbocycles. The van der Waals surface area contributed by atoms with Crippen molar-refractivity contribution in [2.24, 2.45) is 41.4 Å². The Balaban J connectivity index is 1.26. The molecular formula is C25H39NO. The van der Waals surface area contributed by atoms with Gasteiger partial charge in [-0.05, 0) is 79.2 Å². The molecule has 0 saturated heterocycles. The van der Waals surface area contributed by atoms with Crippen molar-refractivity contribution in [3.63, 3.8) is 0 Å². The van der Waals surface area contributed by atoms with Crippen molar-refractivity contribution >= 4 is 5.91 Å². The normalized spacial score (nSPS) is 28.6. The SMILES string of the molecule is CC(C)CC1CC1C1CC1C(C)CCC(C)CCNC(=O)c1ccccc1. The smallest absolute Gasteiger partial charge is 0.251 e. The van der Waals surface area contributed by atoms with E-state index in [9.17, 15) is 4.79 Å². The highest BCUT2D eigenvalue weighted by Crippen LogP contribution is 2.62. The number of carbonyl (C=O) groups is 1. The van der Waals surface area contributed by atoms with Gasteiger partial charge in [0.15, 0.2) is 0 Å². The zero-order valence-electron chi connectivity index (χ0n) is 17.8. The Hall–Kier alpha value is -1.31. The molecule has 0 heterocycles. The third-order valence-electron chi connectivity index (χ3n) is 7.00. The van der Waals surface area contributed by atoms with Crippen molar-refractivity contribution in [1.29, 1.82) is 0 Å². The Kier molecular flexibility index (Phi) is 7.00. The highest BCUT2D eigenvalue weighted by molar-refractivity contribution is 5.94. The van der Waals surface area contributed by atoms with E-state index in [4.69, 9.17) is 0 Å². The van der Waals surface area contributed by atoms with Crippen LogP contribution in [0.15, 0.2) is 30.3 Å². The van der Waals surface area contributed by atoms with Crippen molar-refractivity contribution in [2.75, 3.05) is 6.54 Å². The van der Waals surface area contributed by atoms with E-state index >= 15 is 0 Å². The standard InChI is InChI=1S/C25H39NO/c1-17(2)14-21-15-23(21)24-16-22(24)19(4)11-10-18(3)12-13-26-25(27)20-8-6-5-7-9-20/h5-9,17-19,21-24H,10-16H2,1-4H3,(H,26,27). The summed E-state index contributed by atoms with van der Waals surface area (Å²) < 4.78 is 0. The van der Waals surface area contributed by atoms with Crippen LogP contribution in [0.4, 0.5) is 0 Å². The average Bonchev–Trinajstić information content (AvgIpc) is 3.54. The molecule has 3 rings (SSSR count). The Morgan fingerprint density at radius 1 is 1.00 bits per heavy atom. The van der Waals surface area contributed by atoms with E-state index in [1.807, 2.05) is 30.3 Å². The fourth-order valence-electron chi connectivity index (χ4n) is 5.08. The molecular weight excluding hydrogens is 330 g/mol. The number of rotatable bonds is 11. The number of amides is 1. The third kappa shape index (κ3) is 6.09. The van der Waals surface area contributed by atoms with Crippen molar-refractivity contribution in [2.45, 2.75) is 66.2 Å². The lowest BCUT2D eigenvalue weighted by Gasteiger charge is -2.16. The molecule has 0 spiro atoms. The molecule has 150 valence electrons. The van der Waals surface area contributed by atoms with Crippen molar-refractivity contribution in [3.8, 4) is 0 Å². The summed E-state index contributed by atoms with van der Waals surface area (Å²) in [7, 11) is 0. The minimum Gasteiger partial charge on any atom is -0.352 e. The molecule has 6 unspecified atom stereocenters. The van der Waals surface area contributed by atoms with Crippen molar-refractivity contribution in [1.82, 2.24) is 5.32 Å². The second-order valence-corrected chi connectivity index (χ2v) is 9.92. The molecule has 6 atom stereocenters. The number of benzene rings is 1. The maximum Gasteiger partial charge on any atom is 0.251 e. The van der Waals surface area contributed by atoms with Crippen LogP contribution in [0.2, 0.25) is 0 Å². The topological polar surface area (TPSA) is 29.1 Å². The molecule has 2 aliphatic rings. The summed E-state index contributed by atoms with van der Waals surface area (Å²) in [6.45, 7) is 10.3. The molecule has 1 aromatic rings. The van der Waals surface area contributed by atoms with E-state index in [0.29, 0.717) is 5.92 Å². The maximum absolute atomic E-state index is 12.1. The predicted octanol–water partition coefficient (Wildman–Crippen LogP) is 6.18. The molecule has 0 radical (unpaired) electrons. The van der Waals surface area contributed by atoms with Gasteiger partial charge in [0.1, 0.15) is 0 Å². The summed E-state index contributed by atoms with van der Waals surface area (Å²) in [5.74, 6) is 6.70. The van der Waals surface area contributed by atoms with Crippen LogP contribution in [0.1, 0.15) is 76.6 Å². The van der Waals surface area contributed by atoms with Gasteiger partial charge in [-0.3, -0.25) is 4.79 Å². The van der Waals surface area contributed by atoms with Gasteiger partial charge in [0.25, 0.3) is 5.91 Å². The first-order chi connectivity index (χ1) is 13.0. The van der Waals surface area contributed by atoms with E-state index in [0.717, 1.165) is 54.0 Å². The zero-order valence-corrected chi connectivity index (χ0v) is 17.8. The second kappa shape index (κ2) is 9.26. The molecule has 0 aliphatic heterocycles. The lowest BCUT2D eigenvalue weighted by molar-refractivity contribution is 0.0951. The molecule has 2 heteroatoms. The molecule has 2 nitrogen and oxygen atoms in total. The Morgan fingerprint density at radius 3 is 2.44 bits per heavy atom. The molecule has 0 bridgehead atoms. The number of hydrogen-bond donors (Lipinski definition) is 1. The first-order valence-electron chi connectivity index (χ1n) is 11.3. The van der Waals surface area contributed by atoms with Crippen molar-refractivity contribution in [3.05, 3.63) is 35.9 Å². The van der Waals surface area contributed by atoms with Crippen LogP contribution in [0.5, 0.6) is 0 Å².